The first-order valence-corrected chi connectivity index (χ1v) is 17.9. The number of carbonyl (C=O) groups is 4. The highest BCUT2D eigenvalue weighted by Gasteiger charge is 2.62. The summed E-state index contributed by atoms with van der Waals surface area (Å²) in [6.45, 7) is 8.65. The highest BCUT2D eigenvalue weighted by molar-refractivity contribution is 7.91. The number of ether oxygens (including phenoxy) is 2. The second kappa shape index (κ2) is 13.6. The number of hydrogen-bond donors (Lipinski definition) is 3. The lowest BCUT2D eigenvalue weighted by molar-refractivity contribution is -0.141. The zero-order valence-corrected chi connectivity index (χ0v) is 28.6. The van der Waals surface area contributed by atoms with Crippen molar-refractivity contribution < 1.29 is 37.1 Å². The van der Waals surface area contributed by atoms with E-state index in [2.05, 4.69) is 28.5 Å². The molecule has 13 nitrogen and oxygen atoms in total. The fourth-order valence-corrected chi connectivity index (χ4v) is 7.68. The summed E-state index contributed by atoms with van der Waals surface area (Å²) >= 11 is 0. The summed E-state index contributed by atoms with van der Waals surface area (Å²) in [7, 11) is -2.32. The van der Waals surface area contributed by atoms with Crippen LogP contribution in [-0.4, -0.2) is 84.6 Å². The van der Waals surface area contributed by atoms with Crippen molar-refractivity contribution in [2.24, 2.45) is 5.92 Å². The van der Waals surface area contributed by atoms with E-state index in [1.807, 2.05) is 36.4 Å². The Morgan fingerprint density at radius 3 is 2.46 bits per heavy atom. The number of aromatic nitrogens is 1. The molecule has 1 aromatic heterocycles. The Morgan fingerprint density at radius 1 is 1.08 bits per heavy atom. The minimum Gasteiger partial charge on any atom is -0.497 e. The number of benzene rings is 2. The van der Waals surface area contributed by atoms with Crippen LogP contribution in [0.5, 0.6) is 11.5 Å². The van der Waals surface area contributed by atoms with Crippen LogP contribution in [0, 0.1) is 5.92 Å². The third kappa shape index (κ3) is 6.93. The Bertz CT molecular complexity index is 1980. The third-order valence-corrected chi connectivity index (χ3v) is 11.2. The first-order chi connectivity index (χ1) is 23.9. The average Bonchev–Trinajstić information content (AvgIpc) is 4.04. The van der Waals surface area contributed by atoms with Crippen molar-refractivity contribution >= 4 is 44.6 Å². The SMILES string of the molecule is C=CC(=O)NC(C)C(=O)N1CC(Oc2cc(-c3ccccc3)nc3cc(OC)ccc23)CC1C(=O)NC1(C(=O)NS(=O)(=O)C2CC2)CC1C=C. The van der Waals surface area contributed by atoms with Gasteiger partial charge in [0.05, 0.1) is 30.1 Å². The van der Waals surface area contributed by atoms with Gasteiger partial charge < -0.3 is 25.0 Å². The molecule has 0 bridgehead atoms. The number of carbonyl (C=O) groups excluding carboxylic acids is 4. The maximum Gasteiger partial charge on any atom is 0.259 e. The fourth-order valence-electron chi connectivity index (χ4n) is 6.31. The van der Waals surface area contributed by atoms with Crippen LogP contribution in [0.4, 0.5) is 0 Å². The molecule has 5 atom stereocenters. The number of fused-ring (bicyclic) bond motifs is 1. The first-order valence-electron chi connectivity index (χ1n) is 16.3. The topological polar surface area (TPSA) is 173 Å². The van der Waals surface area contributed by atoms with E-state index in [4.69, 9.17) is 14.5 Å². The second-order valence-corrected chi connectivity index (χ2v) is 14.8. The lowest BCUT2D eigenvalue weighted by atomic mass is 10.1. The quantitative estimate of drug-likeness (QED) is 0.179. The summed E-state index contributed by atoms with van der Waals surface area (Å²) in [5, 5.41) is 5.35. The van der Waals surface area contributed by atoms with Gasteiger partial charge >= 0.3 is 0 Å². The Kier molecular flexibility index (Phi) is 9.40. The number of amides is 4. The van der Waals surface area contributed by atoms with E-state index in [1.54, 1.807) is 25.3 Å². The van der Waals surface area contributed by atoms with Crippen LogP contribution < -0.4 is 24.8 Å². The van der Waals surface area contributed by atoms with Gasteiger partial charge in [-0.15, -0.1) is 6.58 Å². The van der Waals surface area contributed by atoms with E-state index in [0.717, 1.165) is 11.6 Å². The third-order valence-electron chi connectivity index (χ3n) is 9.35. The number of pyridine rings is 1. The number of hydrogen-bond acceptors (Lipinski definition) is 9. The van der Waals surface area contributed by atoms with Crippen LogP contribution in [0.25, 0.3) is 22.2 Å². The van der Waals surface area contributed by atoms with Crippen molar-refractivity contribution in [2.75, 3.05) is 13.7 Å². The van der Waals surface area contributed by atoms with Gasteiger partial charge in [0, 0.05) is 35.4 Å². The molecule has 2 aliphatic carbocycles. The maximum absolute atomic E-state index is 14.1. The van der Waals surface area contributed by atoms with Crippen molar-refractivity contribution in [3.05, 3.63) is 79.9 Å². The predicted molar refractivity (Wildman–Crippen MR) is 185 cm³/mol. The van der Waals surface area contributed by atoms with Crippen LogP contribution in [-0.2, 0) is 29.2 Å². The van der Waals surface area contributed by atoms with Gasteiger partial charge in [-0.25, -0.2) is 13.4 Å². The molecule has 4 amide bonds. The number of nitrogens with one attached hydrogen (secondary N) is 3. The Labute approximate surface area is 290 Å². The molecule has 2 aromatic carbocycles. The monoisotopic (exact) mass is 701 g/mol. The molecule has 5 unspecified atom stereocenters. The lowest BCUT2D eigenvalue weighted by Crippen LogP contribution is -2.58. The summed E-state index contributed by atoms with van der Waals surface area (Å²) in [4.78, 5) is 59.4. The van der Waals surface area contributed by atoms with E-state index in [0.29, 0.717) is 40.9 Å². The van der Waals surface area contributed by atoms with Crippen LogP contribution in [0.1, 0.15) is 32.6 Å². The van der Waals surface area contributed by atoms with Gasteiger partial charge in [-0.3, -0.25) is 23.9 Å². The van der Waals surface area contributed by atoms with E-state index in [1.165, 1.54) is 17.9 Å². The number of methoxy groups -OCH3 is 1. The van der Waals surface area contributed by atoms with Gasteiger partial charge in [0.25, 0.3) is 5.91 Å². The molecular formula is C36H39N5O8S. The highest BCUT2D eigenvalue weighted by Crippen LogP contribution is 2.45. The van der Waals surface area contributed by atoms with Crippen molar-refractivity contribution in [3.63, 3.8) is 0 Å². The van der Waals surface area contributed by atoms with Gasteiger partial charge in [0.1, 0.15) is 35.2 Å². The van der Waals surface area contributed by atoms with Crippen LogP contribution >= 0.6 is 0 Å². The lowest BCUT2D eigenvalue weighted by Gasteiger charge is -2.28. The zero-order chi connectivity index (χ0) is 35.8. The predicted octanol–water partition coefficient (Wildman–Crippen LogP) is 2.62. The molecule has 3 aliphatic rings. The molecule has 1 aliphatic heterocycles. The van der Waals surface area contributed by atoms with Gasteiger partial charge in [0.15, 0.2) is 0 Å². The van der Waals surface area contributed by atoms with Gasteiger partial charge in [-0.05, 0) is 44.4 Å². The molecule has 3 fully saturated rings. The standard InChI is InChI=1S/C36H39N5O8S/c1-5-23-19-36(23,35(45)40-50(46,47)26-13-14-26)39-33(43)30-17-25(20-41(30)34(44)21(3)37-32(42)6-2)49-31-18-28(22-10-8-7-9-11-22)38-29-16-24(48-4)12-15-27(29)31/h5-12,15-16,18,21,23,25-26,30H,1-2,13-14,17,19-20H2,3-4H3,(H,37,42)(H,39,43)(H,40,45). The number of nitrogens with zero attached hydrogens (tertiary/aromatic N) is 2. The molecule has 6 rings (SSSR count). The minimum absolute atomic E-state index is 0.0218. The van der Waals surface area contributed by atoms with Crippen LogP contribution in [0.2, 0.25) is 0 Å². The number of rotatable bonds is 13. The molecule has 3 N–H and O–H groups in total. The molecule has 0 spiro atoms. The summed E-state index contributed by atoms with van der Waals surface area (Å²) in [6.07, 6.45) is 2.95. The fraction of sp³-hybridized carbons (Fsp3) is 0.361. The highest BCUT2D eigenvalue weighted by atomic mass is 32.2. The van der Waals surface area contributed by atoms with Gasteiger partial charge in [0.2, 0.25) is 27.7 Å². The molecule has 1 saturated heterocycles. The van der Waals surface area contributed by atoms with E-state index in [-0.39, 0.29) is 19.4 Å². The Morgan fingerprint density at radius 2 is 1.82 bits per heavy atom. The van der Waals surface area contributed by atoms with Crippen molar-refractivity contribution in [1.29, 1.82) is 0 Å². The zero-order valence-electron chi connectivity index (χ0n) is 27.8. The van der Waals surface area contributed by atoms with Crippen molar-refractivity contribution in [1.82, 2.24) is 25.2 Å². The molecule has 2 saturated carbocycles. The number of sulfonamides is 1. The molecule has 2 heterocycles. The Hall–Kier alpha value is -5.24. The Balaban J connectivity index is 1.30. The summed E-state index contributed by atoms with van der Waals surface area (Å²) in [6, 6.07) is 14.6. The summed E-state index contributed by atoms with van der Waals surface area (Å²) in [5.74, 6) is -2.06. The smallest absolute Gasteiger partial charge is 0.259 e. The van der Waals surface area contributed by atoms with Crippen molar-refractivity contribution in [2.45, 2.75) is 61.6 Å². The first kappa shape index (κ1) is 34.6. The normalized spacial score (nSPS) is 23.3. The number of likely N-dealkylation sites (tertiary alicyclic amines) is 1. The van der Waals surface area contributed by atoms with Gasteiger partial charge in [-0.2, -0.15) is 0 Å². The summed E-state index contributed by atoms with van der Waals surface area (Å²) < 4.78 is 39.4. The molecule has 3 aromatic rings. The van der Waals surface area contributed by atoms with Gasteiger partial charge in [-0.1, -0.05) is 43.0 Å². The largest absolute Gasteiger partial charge is 0.497 e. The van der Waals surface area contributed by atoms with E-state index >= 15 is 0 Å². The maximum atomic E-state index is 14.1. The van der Waals surface area contributed by atoms with Crippen molar-refractivity contribution in [3.8, 4) is 22.8 Å². The molecule has 0 radical (unpaired) electrons. The molecular weight excluding hydrogens is 662 g/mol. The summed E-state index contributed by atoms with van der Waals surface area (Å²) in [5.41, 5.74) is 0.561. The average molecular weight is 702 g/mol. The minimum atomic E-state index is -3.89. The second-order valence-electron chi connectivity index (χ2n) is 12.9. The van der Waals surface area contributed by atoms with E-state index in [9.17, 15) is 27.6 Å². The molecule has 14 heteroatoms. The molecule has 262 valence electrons. The van der Waals surface area contributed by atoms with Crippen LogP contribution in [0.3, 0.4) is 0 Å². The molecule has 50 heavy (non-hydrogen) atoms. The van der Waals surface area contributed by atoms with E-state index < -0.39 is 68.5 Å². The van der Waals surface area contributed by atoms with Crippen LogP contribution in [0.15, 0.2) is 79.9 Å².